The van der Waals surface area contributed by atoms with Crippen molar-refractivity contribution in [3.8, 4) is 17.2 Å². The smallest absolute Gasteiger partial charge is 0.163 e. The Morgan fingerprint density at radius 1 is 0.925 bits per heavy atom. The molecule has 2 aliphatic heterocycles. The first-order valence-electron chi connectivity index (χ1n) is 14.1. The SMILES string of the molecule is COc1cccc(CSC(=S)N2CCN(c3ncnc4cc(OCCCN5CCCCC5)c(OC)cc34)CC2)c1. The lowest BCUT2D eigenvalue weighted by atomic mass is 10.1. The number of ether oxygens (including phenoxy) is 3. The Morgan fingerprint density at radius 2 is 1.75 bits per heavy atom. The number of benzene rings is 2. The number of methoxy groups -OCH3 is 2. The Labute approximate surface area is 247 Å². The summed E-state index contributed by atoms with van der Waals surface area (Å²) in [4.78, 5) is 16.4. The maximum Gasteiger partial charge on any atom is 0.163 e. The lowest BCUT2D eigenvalue weighted by Crippen LogP contribution is -2.48. The van der Waals surface area contributed by atoms with Crippen LogP contribution in [0, 0.1) is 0 Å². The molecular formula is C30H39N5O3S2. The van der Waals surface area contributed by atoms with E-state index in [4.69, 9.17) is 26.4 Å². The van der Waals surface area contributed by atoms with Crippen molar-refractivity contribution in [2.45, 2.75) is 31.4 Å². The van der Waals surface area contributed by atoms with Crippen LogP contribution in [0.1, 0.15) is 31.2 Å². The van der Waals surface area contributed by atoms with Gasteiger partial charge >= 0.3 is 0 Å². The third kappa shape index (κ3) is 7.27. The largest absolute Gasteiger partial charge is 0.497 e. The minimum atomic E-state index is 0.661. The second kappa shape index (κ2) is 14.2. The molecular weight excluding hydrogens is 542 g/mol. The fourth-order valence-corrected chi connectivity index (χ4v) is 6.52. The molecule has 2 aromatic carbocycles. The first kappa shape index (κ1) is 28.7. The van der Waals surface area contributed by atoms with E-state index in [1.807, 2.05) is 24.3 Å². The molecule has 0 unspecified atom stereocenters. The fourth-order valence-electron chi connectivity index (χ4n) is 5.33. The molecule has 0 amide bonds. The van der Waals surface area contributed by atoms with Gasteiger partial charge in [0.25, 0.3) is 0 Å². The van der Waals surface area contributed by atoms with Crippen LogP contribution in [0.15, 0.2) is 42.7 Å². The molecule has 3 aromatic rings. The Kier molecular flexibility index (Phi) is 10.2. The average molecular weight is 582 g/mol. The first-order chi connectivity index (χ1) is 19.6. The van der Waals surface area contributed by atoms with Crippen LogP contribution in [0.5, 0.6) is 17.2 Å². The van der Waals surface area contributed by atoms with Gasteiger partial charge in [0.2, 0.25) is 0 Å². The molecule has 214 valence electrons. The van der Waals surface area contributed by atoms with Gasteiger partial charge in [0.05, 0.1) is 26.3 Å². The topological polar surface area (TPSA) is 63.2 Å². The van der Waals surface area contributed by atoms with Gasteiger partial charge < -0.3 is 28.9 Å². The maximum atomic E-state index is 6.16. The van der Waals surface area contributed by atoms with Crippen molar-refractivity contribution >= 4 is 45.0 Å². The van der Waals surface area contributed by atoms with E-state index in [1.54, 1.807) is 32.3 Å². The number of likely N-dealkylation sites (tertiary alicyclic amines) is 1. The molecule has 3 heterocycles. The summed E-state index contributed by atoms with van der Waals surface area (Å²) >= 11 is 7.48. The quantitative estimate of drug-likeness (QED) is 0.235. The molecule has 2 saturated heterocycles. The molecule has 0 saturated carbocycles. The Bertz CT molecular complexity index is 1280. The van der Waals surface area contributed by atoms with Crippen LogP contribution >= 0.6 is 24.0 Å². The van der Waals surface area contributed by atoms with Crippen molar-refractivity contribution in [1.82, 2.24) is 19.8 Å². The number of piperidine rings is 1. The van der Waals surface area contributed by atoms with Gasteiger partial charge in [-0.3, -0.25) is 0 Å². The van der Waals surface area contributed by atoms with Crippen molar-refractivity contribution < 1.29 is 14.2 Å². The monoisotopic (exact) mass is 581 g/mol. The van der Waals surface area contributed by atoms with E-state index in [-0.39, 0.29) is 0 Å². The summed E-state index contributed by atoms with van der Waals surface area (Å²) < 4.78 is 18.2. The summed E-state index contributed by atoms with van der Waals surface area (Å²) in [5.41, 5.74) is 2.07. The molecule has 8 nitrogen and oxygen atoms in total. The second-order valence-corrected chi connectivity index (χ2v) is 11.8. The van der Waals surface area contributed by atoms with Crippen LogP contribution in [0.2, 0.25) is 0 Å². The number of piperazine rings is 1. The molecule has 0 bridgehead atoms. The molecule has 2 fully saturated rings. The summed E-state index contributed by atoms with van der Waals surface area (Å²) in [6, 6.07) is 12.2. The number of hydrogen-bond donors (Lipinski definition) is 0. The van der Waals surface area contributed by atoms with Crippen molar-refractivity contribution in [1.29, 1.82) is 0 Å². The van der Waals surface area contributed by atoms with E-state index in [0.29, 0.717) is 6.61 Å². The van der Waals surface area contributed by atoms with Crippen LogP contribution in [-0.4, -0.2) is 90.7 Å². The zero-order chi connectivity index (χ0) is 27.7. The van der Waals surface area contributed by atoms with Crippen LogP contribution in [0.4, 0.5) is 5.82 Å². The highest BCUT2D eigenvalue weighted by Gasteiger charge is 2.23. The standard InChI is InChI=1S/C30H39N5O3S2/c1-36-24-9-6-8-23(18-24)21-40-30(39)35-15-13-34(14-16-35)29-25-19-27(37-2)28(20-26(25)31-22-32-29)38-17-7-12-33-10-4-3-5-11-33/h6,8-9,18-20,22H,3-5,7,10-17,21H2,1-2H3. The molecule has 1 aromatic heterocycles. The summed E-state index contributed by atoms with van der Waals surface area (Å²) in [5.74, 6) is 4.08. The number of thiocarbonyl (C=S) groups is 1. The average Bonchev–Trinajstić information content (AvgIpc) is 3.02. The summed E-state index contributed by atoms with van der Waals surface area (Å²) in [7, 11) is 3.38. The van der Waals surface area contributed by atoms with E-state index in [0.717, 1.165) is 83.2 Å². The summed E-state index contributed by atoms with van der Waals surface area (Å²) in [5, 5.41) is 0.975. The lowest BCUT2D eigenvalue weighted by molar-refractivity contribution is 0.203. The van der Waals surface area contributed by atoms with Gasteiger partial charge in [0.1, 0.15) is 22.2 Å². The van der Waals surface area contributed by atoms with E-state index >= 15 is 0 Å². The van der Waals surface area contributed by atoms with Crippen molar-refractivity contribution in [2.75, 3.05) is 71.5 Å². The highest BCUT2D eigenvalue weighted by molar-refractivity contribution is 8.22. The number of thioether (sulfide) groups is 1. The second-order valence-electron chi connectivity index (χ2n) is 10.2. The zero-order valence-electron chi connectivity index (χ0n) is 23.5. The van der Waals surface area contributed by atoms with Gasteiger partial charge in [0.15, 0.2) is 11.5 Å². The minimum Gasteiger partial charge on any atom is -0.497 e. The van der Waals surface area contributed by atoms with Gasteiger partial charge in [0, 0.05) is 49.9 Å². The third-order valence-electron chi connectivity index (χ3n) is 7.56. The lowest BCUT2D eigenvalue weighted by Gasteiger charge is -2.36. The van der Waals surface area contributed by atoms with Gasteiger partial charge in [-0.15, -0.1) is 0 Å². The normalized spacial score (nSPS) is 16.2. The van der Waals surface area contributed by atoms with Crippen molar-refractivity contribution in [2.24, 2.45) is 0 Å². The number of anilines is 1. The first-order valence-corrected chi connectivity index (χ1v) is 15.5. The van der Waals surface area contributed by atoms with Crippen LogP contribution in [-0.2, 0) is 5.75 Å². The van der Waals surface area contributed by atoms with E-state index in [2.05, 4.69) is 36.8 Å². The van der Waals surface area contributed by atoms with Crippen molar-refractivity contribution in [3.63, 3.8) is 0 Å². The van der Waals surface area contributed by atoms with Crippen LogP contribution < -0.4 is 19.1 Å². The van der Waals surface area contributed by atoms with Gasteiger partial charge in [-0.2, -0.15) is 0 Å². The Morgan fingerprint density at radius 3 is 2.52 bits per heavy atom. The molecule has 0 atom stereocenters. The van der Waals surface area contributed by atoms with E-state index in [9.17, 15) is 0 Å². The summed E-state index contributed by atoms with van der Waals surface area (Å²) in [6.45, 7) is 7.54. The number of rotatable bonds is 10. The summed E-state index contributed by atoms with van der Waals surface area (Å²) in [6.07, 6.45) is 6.63. The highest BCUT2D eigenvalue weighted by atomic mass is 32.2. The Hall–Kier alpha value is -2.82. The highest BCUT2D eigenvalue weighted by Crippen LogP contribution is 2.35. The van der Waals surface area contributed by atoms with Crippen molar-refractivity contribution in [3.05, 3.63) is 48.3 Å². The maximum absolute atomic E-state index is 6.16. The number of hydrogen-bond acceptors (Lipinski definition) is 9. The van der Waals surface area contributed by atoms with E-state index < -0.39 is 0 Å². The molecule has 0 spiro atoms. The molecule has 40 heavy (non-hydrogen) atoms. The molecule has 0 radical (unpaired) electrons. The van der Waals surface area contributed by atoms with Gasteiger partial charge in [-0.25, -0.2) is 9.97 Å². The van der Waals surface area contributed by atoms with Crippen LogP contribution in [0.3, 0.4) is 0 Å². The predicted octanol–water partition coefficient (Wildman–Crippen LogP) is 5.24. The number of fused-ring (bicyclic) bond motifs is 1. The number of aromatic nitrogens is 2. The van der Waals surface area contributed by atoms with Gasteiger partial charge in [-0.05, 0) is 56.1 Å². The van der Waals surface area contributed by atoms with Gasteiger partial charge in [-0.1, -0.05) is 42.5 Å². The van der Waals surface area contributed by atoms with Crippen LogP contribution in [0.25, 0.3) is 10.9 Å². The minimum absolute atomic E-state index is 0.661. The van der Waals surface area contributed by atoms with E-state index in [1.165, 1.54) is 37.9 Å². The zero-order valence-corrected chi connectivity index (χ0v) is 25.1. The Balaban J connectivity index is 1.17. The molecule has 0 N–H and O–H groups in total. The molecule has 0 aliphatic carbocycles. The molecule has 5 rings (SSSR count). The fraction of sp³-hybridized carbons (Fsp3) is 0.500. The molecule has 2 aliphatic rings. The number of nitrogens with zero attached hydrogens (tertiary/aromatic N) is 5. The third-order valence-corrected chi connectivity index (χ3v) is 9.15. The predicted molar refractivity (Wildman–Crippen MR) is 167 cm³/mol. The molecule has 10 heteroatoms.